The van der Waals surface area contributed by atoms with Crippen molar-refractivity contribution in [2.45, 2.75) is 97.9 Å². The number of hydrogen-bond donors (Lipinski definition) is 0. The van der Waals surface area contributed by atoms with E-state index in [-0.39, 0.29) is 11.0 Å². The van der Waals surface area contributed by atoms with E-state index in [1.54, 1.807) is 0 Å². The molecule has 0 aliphatic rings. The fourth-order valence-electron chi connectivity index (χ4n) is 1.98. The molecule has 146 valence electrons. The van der Waals surface area contributed by atoms with Crippen LogP contribution in [0.1, 0.15) is 74.1 Å². The molecule has 5 heteroatoms. The lowest BCUT2D eigenvalue weighted by Crippen LogP contribution is -2.39. The molecule has 0 aliphatic carbocycles. The molecule has 0 rings (SSSR count). The van der Waals surface area contributed by atoms with Gasteiger partial charge >= 0.3 is 5.97 Å². The number of hydrogen-bond acceptors (Lipinski definition) is 2. The first-order valence-corrected chi connectivity index (χ1v) is 14.3. The van der Waals surface area contributed by atoms with Gasteiger partial charge in [0.25, 0.3) is 0 Å². The SMILES string of the molecule is CCCCC/C(I)=C/C(C(=O)OC(C)(C)C)=C(\I)[Si](C)(C)C(C)(C)C. The number of carbonyl (C=O) groups excluding carboxylic acids is 1. The highest BCUT2D eigenvalue weighted by Crippen LogP contribution is 2.45. The fraction of sp³-hybridized carbons (Fsp3) is 0.750. The summed E-state index contributed by atoms with van der Waals surface area (Å²) in [5, 5.41) is 0.179. The third kappa shape index (κ3) is 8.91. The number of carbonyl (C=O) groups is 1. The molecule has 0 saturated carbocycles. The van der Waals surface area contributed by atoms with Gasteiger partial charge in [-0.25, -0.2) is 4.79 Å². The molecule has 25 heavy (non-hydrogen) atoms. The van der Waals surface area contributed by atoms with E-state index in [4.69, 9.17) is 4.74 Å². The second-order valence-corrected chi connectivity index (χ2v) is 17.9. The van der Waals surface area contributed by atoms with Crippen molar-refractivity contribution in [3.8, 4) is 0 Å². The van der Waals surface area contributed by atoms with Crippen LogP contribution in [0.4, 0.5) is 0 Å². The second kappa shape index (κ2) is 10.2. The standard InChI is InChI=1S/C20H36I2O2Si/c1-10-11-12-13-15(21)14-16(18(23)24-19(2,3)4)17(22)25(8,9)20(5,6)7/h14H,10-13H2,1-9H3/b15-14-,17-16-. The first-order valence-electron chi connectivity index (χ1n) is 9.13. The maximum atomic E-state index is 12.9. The Morgan fingerprint density at radius 3 is 1.96 bits per heavy atom. The molecule has 0 heterocycles. The number of rotatable bonds is 7. The van der Waals surface area contributed by atoms with Gasteiger partial charge in [0.2, 0.25) is 0 Å². The lowest BCUT2D eigenvalue weighted by molar-refractivity contribution is -0.149. The van der Waals surface area contributed by atoms with Gasteiger partial charge in [0, 0.05) is 0 Å². The normalized spacial score (nSPS) is 15.1. The van der Waals surface area contributed by atoms with Crippen LogP contribution in [-0.2, 0) is 9.53 Å². The first-order chi connectivity index (χ1) is 11.1. The molecule has 0 aliphatic heterocycles. The molecule has 0 atom stereocenters. The molecule has 0 aromatic heterocycles. The van der Waals surface area contributed by atoms with E-state index in [0.29, 0.717) is 0 Å². The summed E-state index contributed by atoms with van der Waals surface area (Å²) in [4.78, 5) is 12.9. The largest absolute Gasteiger partial charge is 0.456 e. The van der Waals surface area contributed by atoms with Crippen LogP contribution in [0, 0.1) is 0 Å². The molecular weight excluding hydrogens is 554 g/mol. The molecule has 0 saturated heterocycles. The van der Waals surface area contributed by atoms with Crippen molar-refractivity contribution in [3.05, 3.63) is 18.4 Å². The number of halogens is 2. The molecule has 0 radical (unpaired) electrons. The van der Waals surface area contributed by atoms with Crippen LogP contribution in [0.5, 0.6) is 0 Å². The van der Waals surface area contributed by atoms with Crippen LogP contribution < -0.4 is 0 Å². The van der Waals surface area contributed by atoms with Crippen molar-refractivity contribution in [2.24, 2.45) is 0 Å². The zero-order valence-corrected chi connectivity index (χ0v) is 22.8. The molecule has 0 aromatic rings. The van der Waals surface area contributed by atoms with Crippen molar-refractivity contribution < 1.29 is 9.53 Å². The molecule has 0 N–H and O–H groups in total. The molecule has 0 unspecified atom stereocenters. The monoisotopic (exact) mass is 590 g/mol. The molecular formula is C20H36I2O2Si. The van der Waals surface area contributed by atoms with E-state index in [1.165, 1.54) is 26.0 Å². The number of allylic oxidation sites excluding steroid dienone is 1. The lowest BCUT2D eigenvalue weighted by atomic mass is 10.1. The summed E-state index contributed by atoms with van der Waals surface area (Å²) in [5.41, 5.74) is 0.289. The zero-order chi connectivity index (χ0) is 20.1. The van der Waals surface area contributed by atoms with Crippen LogP contribution in [0.25, 0.3) is 0 Å². The van der Waals surface area contributed by atoms with Gasteiger partial charge in [0.15, 0.2) is 0 Å². The van der Waals surface area contributed by atoms with Crippen LogP contribution in [0.15, 0.2) is 18.4 Å². The number of esters is 1. The van der Waals surface area contributed by atoms with Crippen LogP contribution in [0.3, 0.4) is 0 Å². The molecule has 0 fully saturated rings. The predicted molar refractivity (Wildman–Crippen MR) is 130 cm³/mol. The van der Waals surface area contributed by atoms with Crippen LogP contribution >= 0.6 is 45.2 Å². The van der Waals surface area contributed by atoms with Gasteiger partial charge in [-0.05, 0) is 74.1 Å². The van der Waals surface area contributed by atoms with Gasteiger partial charge in [-0.2, -0.15) is 0 Å². The fourth-order valence-corrected chi connectivity index (χ4v) is 6.99. The summed E-state index contributed by atoms with van der Waals surface area (Å²) in [6.07, 6.45) is 6.71. The van der Waals surface area contributed by atoms with E-state index in [2.05, 4.69) is 92.0 Å². The Hall–Kier alpha value is 0.627. The maximum Gasteiger partial charge on any atom is 0.339 e. The van der Waals surface area contributed by atoms with E-state index in [0.717, 1.165) is 12.0 Å². The topological polar surface area (TPSA) is 26.3 Å². The number of ether oxygens (including phenoxy) is 1. The maximum absolute atomic E-state index is 12.9. The Morgan fingerprint density at radius 2 is 1.56 bits per heavy atom. The zero-order valence-electron chi connectivity index (χ0n) is 17.5. The highest BCUT2D eigenvalue weighted by Gasteiger charge is 2.40. The summed E-state index contributed by atoms with van der Waals surface area (Å²) in [7, 11) is -1.80. The molecule has 0 amide bonds. The Morgan fingerprint density at radius 1 is 1.04 bits per heavy atom. The van der Waals surface area contributed by atoms with Crippen molar-refractivity contribution >= 4 is 59.2 Å². The van der Waals surface area contributed by atoms with Gasteiger partial charge in [-0.1, -0.05) is 76.2 Å². The minimum atomic E-state index is -1.80. The van der Waals surface area contributed by atoms with Crippen molar-refractivity contribution in [1.29, 1.82) is 0 Å². The number of unbranched alkanes of at least 4 members (excludes halogenated alkanes) is 2. The van der Waals surface area contributed by atoms with Crippen molar-refractivity contribution in [2.75, 3.05) is 0 Å². The average molecular weight is 590 g/mol. The van der Waals surface area contributed by atoms with Crippen LogP contribution in [-0.4, -0.2) is 19.6 Å². The average Bonchev–Trinajstić information content (AvgIpc) is 2.41. The summed E-state index contributed by atoms with van der Waals surface area (Å²) < 4.78 is 8.17. The second-order valence-electron chi connectivity index (χ2n) is 9.15. The van der Waals surface area contributed by atoms with Gasteiger partial charge < -0.3 is 4.74 Å². The van der Waals surface area contributed by atoms with Crippen molar-refractivity contribution in [3.63, 3.8) is 0 Å². The van der Waals surface area contributed by atoms with Gasteiger partial charge in [-0.3, -0.25) is 0 Å². The highest BCUT2D eigenvalue weighted by molar-refractivity contribution is 14.1. The summed E-state index contributed by atoms with van der Waals surface area (Å²) >= 11 is 4.79. The molecule has 0 spiro atoms. The highest BCUT2D eigenvalue weighted by atomic mass is 127. The van der Waals surface area contributed by atoms with Crippen molar-refractivity contribution in [1.82, 2.24) is 0 Å². The summed E-state index contributed by atoms with van der Waals surface area (Å²) in [5.74, 6) is -0.189. The third-order valence-corrected chi connectivity index (χ3v) is 15.2. The minimum Gasteiger partial charge on any atom is -0.456 e. The predicted octanol–water partition coefficient (Wildman–Crippen LogP) is 7.96. The smallest absolute Gasteiger partial charge is 0.339 e. The van der Waals surface area contributed by atoms with E-state index in [1.807, 2.05) is 20.8 Å². The Bertz CT molecular complexity index is 521. The lowest BCUT2D eigenvalue weighted by Gasteiger charge is -2.37. The third-order valence-electron chi connectivity index (χ3n) is 4.60. The van der Waals surface area contributed by atoms with E-state index >= 15 is 0 Å². The Kier molecular flexibility index (Phi) is 10.5. The Balaban J connectivity index is 5.95. The summed E-state index contributed by atoms with van der Waals surface area (Å²) in [6, 6.07) is 0. The molecule has 2 nitrogen and oxygen atoms in total. The van der Waals surface area contributed by atoms with Gasteiger partial charge in [0.1, 0.15) is 5.60 Å². The van der Waals surface area contributed by atoms with Gasteiger partial charge in [-0.15, -0.1) is 0 Å². The van der Waals surface area contributed by atoms with E-state index in [9.17, 15) is 4.79 Å². The molecule has 0 aromatic carbocycles. The molecule has 0 bridgehead atoms. The Labute approximate surface area is 183 Å². The summed E-state index contributed by atoms with van der Waals surface area (Å²) in [6.45, 7) is 19.5. The van der Waals surface area contributed by atoms with Gasteiger partial charge in [0.05, 0.1) is 13.6 Å². The first kappa shape index (κ1) is 25.6. The minimum absolute atomic E-state index is 0.179. The quantitative estimate of drug-likeness (QED) is 0.0751. The van der Waals surface area contributed by atoms with E-state index < -0.39 is 13.7 Å². The van der Waals surface area contributed by atoms with Crippen LogP contribution in [0.2, 0.25) is 18.1 Å².